The Balaban J connectivity index is 2.00. The first kappa shape index (κ1) is 14.1. The van der Waals surface area contributed by atoms with Crippen LogP contribution in [0.4, 0.5) is 5.69 Å². The van der Waals surface area contributed by atoms with Crippen molar-refractivity contribution in [2.75, 3.05) is 11.9 Å². The van der Waals surface area contributed by atoms with Gasteiger partial charge in [0.2, 0.25) is 0 Å². The molecule has 0 atom stereocenters. The van der Waals surface area contributed by atoms with Crippen LogP contribution in [-0.4, -0.2) is 16.7 Å². The second-order valence-corrected chi connectivity index (χ2v) is 4.83. The number of aromatic nitrogens is 2. The first-order chi connectivity index (χ1) is 9.19. The van der Waals surface area contributed by atoms with Crippen LogP contribution < -0.4 is 11.1 Å². The van der Waals surface area contributed by atoms with Gasteiger partial charge in [-0.1, -0.05) is 47.5 Å². The van der Waals surface area contributed by atoms with Gasteiger partial charge in [0, 0.05) is 12.6 Å². The van der Waals surface area contributed by atoms with Crippen molar-refractivity contribution in [1.29, 1.82) is 0 Å². The van der Waals surface area contributed by atoms with Crippen molar-refractivity contribution in [2.24, 2.45) is 5.73 Å². The van der Waals surface area contributed by atoms with E-state index in [1.165, 1.54) is 5.56 Å². The highest BCUT2D eigenvalue weighted by Crippen LogP contribution is 2.21. The van der Waals surface area contributed by atoms with Crippen molar-refractivity contribution in [1.82, 2.24) is 10.2 Å². The quantitative estimate of drug-likeness (QED) is 0.890. The molecule has 4 nitrogen and oxygen atoms in total. The van der Waals surface area contributed by atoms with Crippen molar-refractivity contribution >= 4 is 28.9 Å². The summed E-state index contributed by atoms with van der Waals surface area (Å²) in [4.78, 5) is 0. The summed E-state index contributed by atoms with van der Waals surface area (Å²) >= 11 is 11.7. The summed E-state index contributed by atoms with van der Waals surface area (Å²) in [5.74, 6) is 0. The van der Waals surface area contributed by atoms with E-state index in [4.69, 9.17) is 28.9 Å². The largest absolute Gasteiger partial charge is 0.378 e. The first-order valence-corrected chi connectivity index (χ1v) is 6.65. The van der Waals surface area contributed by atoms with E-state index in [1.807, 2.05) is 0 Å². The number of nitrogens with zero attached hydrogens (tertiary/aromatic N) is 2. The van der Waals surface area contributed by atoms with Gasteiger partial charge in [0.1, 0.15) is 0 Å². The predicted octanol–water partition coefficient (Wildman–Crippen LogP) is 2.90. The molecule has 0 saturated carbocycles. The molecule has 3 N–H and O–H groups in total. The van der Waals surface area contributed by atoms with E-state index in [-0.39, 0.29) is 0 Å². The minimum Gasteiger partial charge on any atom is -0.378 e. The molecule has 2 aromatic rings. The average molecular weight is 297 g/mol. The minimum absolute atomic E-state index is 0.309. The Hall–Kier alpha value is -1.36. The summed E-state index contributed by atoms with van der Waals surface area (Å²) in [5.41, 5.74) is 8.56. The maximum absolute atomic E-state index is 5.92. The Morgan fingerprint density at radius 3 is 2.42 bits per heavy atom. The van der Waals surface area contributed by atoms with Gasteiger partial charge in [0.15, 0.2) is 10.3 Å². The van der Waals surface area contributed by atoms with E-state index in [0.29, 0.717) is 29.1 Å². The average Bonchev–Trinajstić information content (AvgIpc) is 2.42. The second-order valence-electron chi connectivity index (χ2n) is 4.08. The number of hydrogen-bond acceptors (Lipinski definition) is 4. The third-order valence-electron chi connectivity index (χ3n) is 2.66. The number of rotatable bonds is 5. The first-order valence-electron chi connectivity index (χ1n) is 5.89. The smallest absolute Gasteiger partial charge is 0.174 e. The van der Waals surface area contributed by atoms with Crippen LogP contribution in [0.2, 0.25) is 10.3 Å². The van der Waals surface area contributed by atoms with E-state index < -0.39 is 0 Å². The molecule has 1 aromatic heterocycles. The second kappa shape index (κ2) is 6.70. The lowest BCUT2D eigenvalue weighted by Gasteiger charge is -2.08. The van der Waals surface area contributed by atoms with Gasteiger partial charge in [-0.2, -0.15) is 0 Å². The molecule has 0 saturated heterocycles. The van der Waals surface area contributed by atoms with E-state index in [0.717, 1.165) is 12.0 Å². The van der Waals surface area contributed by atoms with Crippen LogP contribution in [-0.2, 0) is 13.0 Å². The summed E-state index contributed by atoms with van der Waals surface area (Å²) in [7, 11) is 0. The van der Waals surface area contributed by atoms with Gasteiger partial charge >= 0.3 is 0 Å². The lowest BCUT2D eigenvalue weighted by atomic mass is 10.1. The van der Waals surface area contributed by atoms with Gasteiger partial charge < -0.3 is 11.1 Å². The lowest BCUT2D eigenvalue weighted by molar-refractivity contribution is 0.965. The topological polar surface area (TPSA) is 63.8 Å². The van der Waals surface area contributed by atoms with E-state index >= 15 is 0 Å². The lowest BCUT2D eigenvalue weighted by Crippen LogP contribution is -2.04. The molecule has 0 fully saturated rings. The standard InChI is InChI=1S/C13H14Cl2N4/c14-12-7-11(13(15)19-18-12)17-8-10-3-1-9(2-4-10)5-6-16/h1-4,7H,5-6,8,16H2,(H,17,18). The molecular formula is C13H14Cl2N4. The number of nitrogens with one attached hydrogen (secondary N) is 1. The number of anilines is 1. The van der Waals surface area contributed by atoms with E-state index in [2.05, 4.69) is 39.8 Å². The Labute approximate surface area is 121 Å². The number of halogens is 2. The highest BCUT2D eigenvalue weighted by molar-refractivity contribution is 6.33. The predicted molar refractivity (Wildman–Crippen MR) is 78.6 cm³/mol. The Bertz CT molecular complexity index is 543. The molecule has 1 heterocycles. The number of benzene rings is 1. The molecule has 0 aliphatic rings. The molecule has 0 aliphatic carbocycles. The highest BCUT2D eigenvalue weighted by atomic mass is 35.5. The Morgan fingerprint density at radius 1 is 1.05 bits per heavy atom. The van der Waals surface area contributed by atoms with Gasteiger partial charge in [-0.3, -0.25) is 0 Å². The fourth-order valence-corrected chi connectivity index (χ4v) is 1.97. The summed E-state index contributed by atoms with van der Waals surface area (Å²) in [6, 6.07) is 9.91. The molecule has 19 heavy (non-hydrogen) atoms. The van der Waals surface area contributed by atoms with Crippen molar-refractivity contribution in [2.45, 2.75) is 13.0 Å². The van der Waals surface area contributed by atoms with Gasteiger partial charge in [0.25, 0.3) is 0 Å². The molecule has 0 spiro atoms. The van der Waals surface area contributed by atoms with E-state index in [9.17, 15) is 0 Å². The summed E-state index contributed by atoms with van der Waals surface area (Å²) in [6.07, 6.45) is 0.892. The van der Waals surface area contributed by atoms with Crippen molar-refractivity contribution in [3.8, 4) is 0 Å². The fraction of sp³-hybridized carbons (Fsp3) is 0.231. The zero-order chi connectivity index (χ0) is 13.7. The van der Waals surface area contributed by atoms with Crippen LogP contribution in [0.3, 0.4) is 0 Å². The molecule has 100 valence electrons. The number of hydrogen-bond donors (Lipinski definition) is 2. The molecule has 0 amide bonds. The van der Waals surface area contributed by atoms with Crippen LogP contribution in [0.1, 0.15) is 11.1 Å². The molecule has 0 unspecified atom stereocenters. The zero-order valence-electron chi connectivity index (χ0n) is 10.2. The SMILES string of the molecule is NCCc1ccc(CNc2cc(Cl)nnc2Cl)cc1. The molecule has 0 bridgehead atoms. The molecule has 2 rings (SSSR count). The molecule has 0 aliphatic heterocycles. The molecule has 1 aromatic carbocycles. The van der Waals surface area contributed by atoms with Crippen molar-refractivity contribution in [3.05, 3.63) is 51.8 Å². The van der Waals surface area contributed by atoms with Crippen LogP contribution in [0.25, 0.3) is 0 Å². The maximum atomic E-state index is 5.92. The van der Waals surface area contributed by atoms with Crippen LogP contribution >= 0.6 is 23.2 Å². The monoisotopic (exact) mass is 296 g/mol. The van der Waals surface area contributed by atoms with Crippen LogP contribution in [0.5, 0.6) is 0 Å². The third-order valence-corrected chi connectivity index (χ3v) is 3.12. The van der Waals surface area contributed by atoms with Crippen molar-refractivity contribution in [3.63, 3.8) is 0 Å². The molecular weight excluding hydrogens is 283 g/mol. The van der Waals surface area contributed by atoms with Crippen LogP contribution in [0.15, 0.2) is 30.3 Å². The van der Waals surface area contributed by atoms with Gasteiger partial charge in [-0.25, -0.2) is 0 Å². The van der Waals surface area contributed by atoms with Gasteiger partial charge in [0.05, 0.1) is 5.69 Å². The van der Waals surface area contributed by atoms with E-state index in [1.54, 1.807) is 6.07 Å². The normalized spacial score (nSPS) is 10.5. The minimum atomic E-state index is 0.309. The summed E-state index contributed by atoms with van der Waals surface area (Å²) in [5, 5.41) is 11.2. The van der Waals surface area contributed by atoms with Gasteiger partial charge in [-0.15, -0.1) is 10.2 Å². The van der Waals surface area contributed by atoms with Gasteiger partial charge in [-0.05, 0) is 24.1 Å². The fourth-order valence-electron chi connectivity index (χ4n) is 1.66. The maximum Gasteiger partial charge on any atom is 0.174 e. The third kappa shape index (κ3) is 4.06. The number of nitrogens with two attached hydrogens (primary N) is 1. The van der Waals surface area contributed by atoms with Crippen LogP contribution in [0, 0.1) is 0 Å². The Morgan fingerprint density at radius 2 is 1.74 bits per heavy atom. The zero-order valence-corrected chi connectivity index (χ0v) is 11.7. The molecule has 0 radical (unpaired) electrons. The summed E-state index contributed by atoms with van der Waals surface area (Å²) in [6.45, 7) is 1.30. The highest BCUT2D eigenvalue weighted by Gasteiger charge is 2.03. The summed E-state index contributed by atoms with van der Waals surface area (Å²) < 4.78 is 0. The molecule has 6 heteroatoms. The Kier molecular flexibility index (Phi) is 4.96. The van der Waals surface area contributed by atoms with Crippen molar-refractivity contribution < 1.29 is 0 Å².